The topological polar surface area (TPSA) is 118 Å². The number of aliphatic imine (C=N–C) groups is 1. The average Bonchev–Trinajstić information content (AvgIpc) is 2.84. The molecule has 2 heterocycles. The Kier molecular flexibility index (Phi) is 6.79. The second kappa shape index (κ2) is 9.51. The van der Waals surface area contributed by atoms with E-state index in [1.807, 2.05) is 38.1 Å². The largest absolute Gasteiger partial charge is 0.370 e. The second-order valence-corrected chi connectivity index (χ2v) is 8.04. The molecular formula is C23H27N5O3. The minimum absolute atomic E-state index is 0.0814. The molecule has 1 aliphatic rings. The third kappa shape index (κ3) is 5.14. The normalized spacial score (nSPS) is 16.9. The van der Waals surface area contributed by atoms with Crippen molar-refractivity contribution >= 4 is 29.1 Å². The highest BCUT2D eigenvalue weighted by Crippen LogP contribution is 2.27. The summed E-state index contributed by atoms with van der Waals surface area (Å²) in [6.07, 6.45) is 2.57. The zero-order chi connectivity index (χ0) is 22.5. The van der Waals surface area contributed by atoms with Gasteiger partial charge in [-0.05, 0) is 30.5 Å². The van der Waals surface area contributed by atoms with Gasteiger partial charge >= 0.3 is 0 Å². The van der Waals surface area contributed by atoms with Gasteiger partial charge in [0.2, 0.25) is 18.0 Å². The van der Waals surface area contributed by atoms with E-state index in [0.717, 1.165) is 11.1 Å². The predicted octanol–water partition coefficient (Wildman–Crippen LogP) is 1.88. The molecular weight excluding hydrogens is 394 g/mol. The first kappa shape index (κ1) is 22.1. The number of benzene rings is 1. The third-order valence-electron chi connectivity index (χ3n) is 5.15. The Bertz CT molecular complexity index is 1000. The molecule has 2 atom stereocenters. The molecule has 0 saturated carbocycles. The van der Waals surface area contributed by atoms with Gasteiger partial charge in [-0.15, -0.1) is 0 Å². The smallest absolute Gasteiger partial charge is 0.272 e. The Morgan fingerprint density at radius 1 is 1.16 bits per heavy atom. The Labute approximate surface area is 181 Å². The molecule has 1 aliphatic heterocycles. The average molecular weight is 422 g/mol. The number of hydrogen-bond donors (Lipinski definition) is 2. The van der Waals surface area contributed by atoms with Crippen LogP contribution in [0.15, 0.2) is 53.8 Å². The molecule has 0 fully saturated rings. The molecule has 0 aliphatic carbocycles. The summed E-state index contributed by atoms with van der Waals surface area (Å²) in [5, 5.41) is 2.74. The number of nitrogens with zero attached hydrogens (tertiary/aromatic N) is 3. The highest BCUT2D eigenvalue weighted by atomic mass is 16.2. The maximum Gasteiger partial charge on any atom is 0.272 e. The number of likely N-dealkylation sites (N-methyl/N-ethyl adjacent to an activating group) is 1. The molecule has 0 saturated heterocycles. The van der Waals surface area contributed by atoms with Crippen LogP contribution >= 0.6 is 0 Å². The van der Waals surface area contributed by atoms with Crippen LogP contribution in [0.3, 0.4) is 0 Å². The quantitative estimate of drug-likeness (QED) is 0.709. The molecule has 1 aromatic heterocycles. The first-order valence-corrected chi connectivity index (χ1v) is 10.2. The number of pyridine rings is 1. The van der Waals surface area contributed by atoms with Crippen molar-refractivity contribution in [2.45, 2.75) is 32.9 Å². The molecule has 2 unspecified atom stereocenters. The van der Waals surface area contributed by atoms with E-state index in [9.17, 15) is 14.4 Å². The SMILES string of the molecule is CC(C)CC(CC(N)=O)C(=O)NC1N=C(c2ccncc2)c2ccccc2N(C)C1=O. The number of primary amides is 1. The van der Waals surface area contributed by atoms with Crippen LogP contribution < -0.4 is 16.0 Å². The van der Waals surface area contributed by atoms with E-state index in [1.54, 1.807) is 31.6 Å². The maximum atomic E-state index is 13.2. The maximum absolute atomic E-state index is 13.2. The van der Waals surface area contributed by atoms with Gasteiger partial charge in [-0.1, -0.05) is 32.0 Å². The number of fused-ring (bicyclic) bond motifs is 1. The summed E-state index contributed by atoms with van der Waals surface area (Å²) >= 11 is 0. The number of amides is 3. The van der Waals surface area contributed by atoms with Gasteiger partial charge in [0.05, 0.1) is 11.4 Å². The van der Waals surface area contributed by atoms with Gasteiger partial charge in [-0.2, -0.15) is 0 Å². The van der Waals surface area contributed by atoms with Gasteiger partial charge in [0.1, 0.15) is 0 Å². The minimum atomic E-state index is -1.13. The molecule has 31 heavy (non-hydrogen) atoms. The monoisotopic (exact) mass is 421 g/mol. The van der Waals surface area contributed by atoms with Crippen molar-refractivity contribution in [1.82, 2.24) is 10.3 Å². The first-order valence-electron chi connectivity index (χ1n) is 10.2. The Hall–Kier alpha value is -3.55. The van der Waals surface area contributed by atoms with Crippen LogP contribution in [-0.2, 0) is 14.4 Å². The molecule has 0 radical (unpaired) electrons. The number of carbonyl (C=O) groups excluding carboxylic acids is 3. The van der Waals surface area contributed by atoms with Crippen LogP contribution in [-0.4, -0.2) is 41.6 Å². The van der Waals surface area contributed by atoms with Gasteiger partial charge in [-0.3, -0.25) is 19.4 Å². The zero-order valence-electron chi connectivity index (χ0n) is 17.9. The lowest BCUT2D eigenvalue weighted by Gasteiger charge is -2.23. The van der Waals surface area contributed by atoms with E-state index in [-0.39, 0.29) is 18.2 Å². The number of hydrogen-bond acceptors (Lipinski definition) is 5. The molecule has 3 rings (SSSR count). The number of carbonyl (C=O) groups is 3. The van der Waals surface area contributed by atoms with E-state index >= 15 is 0 Å². The van der Waals surface area contributed by atoms with E-state index < -0.39 is 23.9 Å². The molecule has 8 nitrogen and oxygen atoms in total. The van der Waals surface area contributed by atoms with E-state index in [1.165, 1.54) is 4.90 Å². The van der Waals surface area contributed by atoms with E-state index in [0.29, 0.717) is 17.8 Å². The number of para-hydroxylation sites is 1. The highest BCUT2D eigenvalue weighted by Gasteiger charge is 2.33. The van der Waals surface area contributed by atoms with E-state index in [2.05, 4.69) is 15.3 Å². The van der Waals surface area contributed by atoms with Crippen LogP contribution in [0.25, 0.3) is 0 Å². The highest BCUT2D eigenvalue weighted by molar-refractivity contribution is 6.20. The fourth-order valence-electron chi connectivity index (χ4n) is 3.70. The van der Waals surface area contributed by atoms with Crippen molar-refractivity contribution in [2.24, 2.45) is 22.6 Å². The van der Waals surface area contributed by atoms with Crippen molar-refractivity contribution in [3.8, 4) is 0 Å². The summed E-state index contributed by atoms with van der Waals surface area (Å²) < 4.78 is 0. The number of benzodiazepines with no additional fused rings is 1. The van der Waals surface area contributed by atoms with Gasteiger partial charge in [0, 0.05) is 42.9 Å². The summed E-state index contributed by atoms with van der Waals surface area (Å²) in [7, 11) is 1.65. The van der Waals surface area contributed by atoms with Crippen molar-refractivity contribution in [1.29, 1.82) is 0 Å². The minimum Gasteiger partial charge on any atom is -0.370 e. The molecule has 0 bridgehead atoms. The number of nitrogens with one attached hydrogen (secondary N) is 1. The van der Waals surface area contributed by atoms with Crippen molar-refractivity contribution in [2.75, 3.05) is 11.9 Å². The van der Waals surface area contributed by atoms with Crippen molar-refractivity contribution in [3.63, 3.8) is 0 Å². The Morgan fingerprint density at radius 3 is 2.48 bits per heavy atom. The van der Waals surface area contributed by atoms with E-state index in [4.69, 9.17) is 5.73 Å². The summed E-state index contributed by atoms with van der Waals surface area (Å²) in [5.41, 5.74) is 8.17. The molecule has 2 aromatic rings. The lowest BCUT2D eigenvalue weighted by Crippen LogP contribution is -2.48. The fraction of sp³-hybridized carbons (Fsp3) is 0.348. The molecule has 8 heteroatoms. The molecule has 3 amide bonds. The van der Waals surface area contributed by atoms with Gasteiger partial charge in [0.15, 0.2) is 0 Å². The lowest BCUT2D eigenvalue weighted by atomic mass is 9.93. The van der Waals surface area contributed by atoms with Gasteiger partial charge < -0.3 is 16.0 Å². The van der Waals surface area contributed by atoms with Gasteiger partial charge in [-0.25, -0.2) is 4.99 Å². The zero-order valence-corrected chi connectivity index (χ0v) is 17.9. The first-order chi connectivity index (χ1) is 14.8. The number of rotatable bonds is 7. The van der Waals surface area contributed by atoms with Crippen LogP contribution in [0.4, 0.5) is 5.69 Å². The van der Waals surface area contributed by atoms with Gasteiger partial charge in [0.25, 0.3) is 5.91 Å². The van der Waals surface area contributed by atoms with Crippen LogP contribution in [0.5, 0.6) is 0 Å². The van der Waals surface area contributed by atoms with Crippen LogP contribution in [0.1, 0.15) is 37.8 Å². The third-order valence-corrected chi connectivity index (χ3v) is 5.15. The summed E-state index contributed by atoms with van der Waals surface area (Å²) in [6.45, 7) is 3.92. The van der Waals surface area contributed by atoms with Crippen LogP contribution in [0, 0.1) is 11.8 Å². The number of aromatic nitrogens is 1. The summed E-state index contributed by atoms with van der Waals surface area (Å²) in [4.78, 5) is 47.8. The van der Waals surface area contributed by atoms with Crippen molar-refractivity contribution in [3.05, 3.63) is 59.9 Å². The number of nitrogens with two attached hydrogens (primary N) is 1. The molecule has 1 aromatic carbocycles. The predicted molar refractivity (Wildman–Crippen MR) is 118 cm³/mol. The van der Waals surface area contributed by atoms with Crippen molar-refractivity contribution < 1.29 is 14.4 Å². The standard InChI is InChI=1S/C23H27N5O3/c1-14(2)12-16(13-19(24)29)22(30)27-21-23(31)28(3)18-7-5-4-6-17(18)20(26-21)15-8-10-25-11-9-15/h4-11,14,16,21H,12-13H2,1-3H3,(H2,24,29)(H,27,30). The molecule has 3 N–H and O–H groups in total. The van der Waals surface area contributed by atoms with Crippen LogP contribution in [0.2, 0.25) is 0 Å². The summed E-state index contributed by atoms with van der Waals surface area (Å²) in [5.74, 6) is -1.78. The molecule has 0 spiro atoms. The summed E-state index contributed by atoms with van der Waals surface area (Å²) in [6, 6.07) is 11.0. The second-order valence-electron chi connectivity index (χ2n) is 8.04. The fourth-order valence-corrected chi connectivity index (χ4v) is 3.70. The lowest BCUT2D eigenvalue weighted by molar-refractivity contribution is -0.132. The Balaban J connectivity index is 2.00. The molecule has 162 valence electrons. The number of anilines is 1. The Morgan fingerprint density at radius 2 is 1.84 bits per heavy atom.